The Morgan fingerprint density at radius 1 is 1.08 bits per heavy atom. The third-order valence-corrected chi connectivity index (χ3v) is 5.21. The summed E-state index contributed by atoms with van der Waals surface area (Å²) >= 11 is 0. The summed E-state index contributed by atoms with van der Waals surface area (Å²) in [6.45, 7) is 4.05. The van der Waals surface area contributed by atoms with Crippen molar-refractivity contribution < 1.29 is 4.79 Å². The smallest absolute Gasteiger partial charge is 0.245 e. The number of carbonyl (C=O) groups is 1. The first kappa shape index (κ1) is 22.1. The molecular formula is C19H31Cl2N3O. The van der Waals surface area contributed by atoms with Crippen LogP contribution in [0.5, 0.6) is 0 Å². The largest absolute Gasteiger partial charge is 0.371 e. The van der Waals surface area contributed by atoms with Crippen LogP contribution in [0.3, 0.4) is 0 Å². The maximum atomic E-state index is 13.1. The molecule has 25 heavy (non-hydrogen) atoms. The minimum absolute atomic E-state index is 0. The highest BCUT2D eigenvalue weighted by Crippen LogP contribution is 2.32. The van der Waals surface area contributed by atoms with Gasteiger partial charge < -0.3 is 16.0 Å². The van der Waals surface area contributed by atoms with Gasteiger partial charge in [0, 0.05) is 18.3 Å². The Balaban J connectivity index is 0.00000156. The summed E-state index contributed by atoms with van der Waals surface area (Å²) in [6, 6.07) is 8.64. The average molecular weight is 388 g/mol. The molecule has 2 fully saturated rings. The summed E-state index contributed by atoms with van der Waals surface area (Å²) in [5.41, 5.74) is 1.85. The molecule has 2 aliphatic rings. The Bertz CT molecular complexity index is 524. The lowest BCUT2D eigenvalue weighted by Crippen LogP contribution is -2.58. The van der Waals surface area contributed by atoms with E-state index in [0.717, 1.165) is 57.3 Å². The fourth-order valence-corrected chi connectivity index (χ4v) is 3.78. The molecule has 0 bridgehead atoms. The van der Waals surface area contributed by atoms with Crippen molar-refractivity contribution in [1.82, 2.24) is 10.6 Å². The molecular weight excluding hydrogens is 357 g/mol. The van der Waals surface area contributed by atoms with Gasteiger partial charge in [-0.2, -0.15) is 0 Å². The molecule has 4 nitrogen and oxygen atoms in total. The first-order valence-electron chi connectivity index (χ1n) is 9.04. The molecule has 0 unspecified atom stereocenters. The van der Waals surface area contributed by atoms with Crippen LogP contribution in [0, 0.1) is 6.92 Å². The molecule has 1 saturated carbocycles. The first-order chi connectivity index (χ1) is 11.2. The number of rotatable bonds is 4. The van der Waals surface area contributed by atoms with Crippen LogP contribution in [0.4, 0.5) is 5.69 Å². The highest BCUT2D eigenvalue weighted by Gasteiger charge is 2.40. The fourth-order valence-electron chi connectivity index (χ4n) is 3.78. The summed E-state index contributed by atoms with van der Waals surface area (Å²) in [5.74, 6) is 0.187. The second-order valence-electron chi connectivity index (χ2n) is 7.15. The molecule has 142 valence electrons. The molecule has 0 aromatic heterocycles. The number of hydrogen-bond acceptors (Lipinski definition) is 3. The normalized spacial score (nSPS) is 22.0. The van der Waals surface area contributed by atoms with Gasteiger partial charge in [-0.3, -0.25) is 4.79 Å². The number of hydrogen-bond donors (Lipinski definition) is 3. The van der Waals surface area contributed by atoms with E-state index < -0.39 is 5.54 Å². The highest BCUT2D eigenvalue weighted by molar-refractivity contribution is 5.89. The molecule has 1 amide bonds. The molecule has 1 saturated heterocycles. The van der Waals surface area contributed by atoms with E-state index >= 15 is 0 Å². The van der Waals surface area contributed by atoms with Gasteiger partial charge in [0.15, 0.2) is 0 Å². The maximum absolute atomic E-state index is 13.1. The van der Waals surface area contributed by atoms with E-state index in [4.69, 9.17) is 0 Å². The lowest BCUT2D eigenvalue weighted by molar-refractivity contribution is -0.127. The summed E-state index contributed by atoms with van der Waals surface area (Å²) < 4.78 is 0. The highest BCUT2D eigenvalue weighted by atomic mass is 35.5. The zero-order valence-electron chi connectivity index (χ0n) is 15.0. The molecule has 1 aromatic carbocycles. The van der Waals surface area contributed by atoms with Crippen LogP contribution < -0.4 is 16.0 Å². The number of anilines is 1. The van der Waals surface area contributed by atoms with Crippen molar-refractivity contribution in [2.24, 2.45) is 0 Å². The molecule has 1 atom stereocenters. The Morgan fingerprint density at radius 2 is 1.76 bits per heavy atom. The number of piperidine rings is 1. The lowest BCUT2D eigenvalue weighted by Gasteiger charge is -2.39. The van der Waals surface area contributed by atoms with Crippen molar-refractivity contribution in [3.05, 3.63) is 29.8 Å². The summed E-state index contributed by atoms with van der Waals surface area (Å²) in [6.07, 6.45) is 7.54. The van der Waals surface area contributed by atoms with E-state index in [1.165, 1.54) is 12.0 Å². The van der Waals surface area contributed by atoms with Gasteiger partial charge in [0.25, 0.3) is 0 Å². The van der Waals surface area contributed by atoms with Gasteiger partial charge in [0.1, 0.15) is 5.54 Å². The SMILES string of the molecule is Cc1ccc(NC2(C(=O)N[C@@H]3CCCNC3)CCCCC2)cc1.Cl.Cl. The maximum Gasteiger partial charge on any atom is 0.245 e. The molecule has 3 N–H and O–H groups in total. The number of halogens is 2. The van der Waals surface area contributed by atoms with Crippen molar-refractivity contribution in [1.29, 1.82) is 0 Å². The van der Waals surface area contributed by atoms with Gasteiger partial charge in [-0.05, 0) is 51.3 Å². The number of carbonyl (C=O) groups excluding carboxylic acids is 1. The van der Waals surface area contributed by atoms with Crippen molar-refractivity contribution in [2.45, 2.75) is 63.5 Å². The number of nitrogens with one attached hydrogen (secondary N) is 3. The second kappa shape index (κ2) is 10.2. The Morgan fingerprint density at radius 3 is 2.36 bits per heavy atom. The zero-order valence-corrected chi connectivity index (χ0v) is 16.6. The topological polar surface area (TPSA) is 53.2 Å². The first-order valence-corrected chi connectivity index (χ1v) is 9.04. The van der Waals surface area contributed by atoms with E-state index in [2.05, 4.69) is 47.1 Å². The van der Waals surface area contributed by atoms with Gasteiger partial charge >= 0.3 is 0 Å². The molecule has 6 heteroatoms. The van der Waals surface area contributed by atoms with E-state index in [9.17, 15) is 4.79 Å². The van der Waals surface area contributed by atoms with Crippen LogP contribution in [0.15, 0.2) is 24.3 Å². The van der Waals surface area contributed by atoms with Crippen molar-refractivity contribution >= 4 is 36.4 Å². The predicted octanol–water partition coefficient (Wildman–Crippen LogP) is 3.82. The van der Waals surface area contributed by atoms with Crippen LogP contribution in [0.25, 0.3) is 0 Å². The number of benzene rings is 1. The monoisotopic (exact) mass is 387 g/mol. The van der Waals surface area contributed by atoms with Crippen LogP contribution >= 0.6 is 24.8 Å². The Labute approximate surface area is 163 Å². The Kier molecular flexibility index (Phi) is 9.04. The summed E-state index contributed by atoms with van der Waals surface area (Å²) in [4.78, 5) is 13.1. The zero-order chi connectivity index (χ0) is 16.1. The van der Waals surface area contributed by atoms with E-state index in [-0.39, 0.29) is 36.8 Å². The van der Waals surface area contributed by atoms with Gasteiger partial charge in [-0.1, -0.05) is 37.0 Å². The van der Waals surface area contributed by atoms with Crippen molar-refractivity contribution in [3.8, 4) is 0 Å². The van der Waals surface area contributed by atoms with Crippen molar-refractivity contribution in [3.63, 3.8) is 0 Å². The lowest BCUT2D eigenvalue weighted by atomic mass is 9.80. The van der Waals surface area contributed by atoms with Gasteiger partial charge in [-0.15, -0.1) is 24.8 Å². The standard InChI is InChI=1S/C19H29N3O.2ClH/c1-15-7-9-16(10-8-15)22-19(11-3-2-4-12-19)18(23)21-17-6-5-13-20-14-17;;/h7-10,17,20,22H,2-6,11-14H2,1H3,(H,21,23);2*1H/t17-;;/m1../s1. The molecule has 1 aliphatic heterocycles. The van der Waals surface area contributed by atoms with E-state index in [1.807, 2.05) is 0 Å². The van der Waals surface area contributed by atoms with Crippen LogP contribution in [0.2, 0.25) is 0 Å². The number of amides is 1. The van der Waals surface area contributed by atoms with Crippen LogP contribution in [0.1, 0.15) is 50.5 Å². The van der Waals surface area contributed by atoms with Gasteiger partial charge in [0.05, 0.1) is 0 Å². The van der Waals surface area contributed by atoms with Crippen LogP contribution in [-0.2, 0) is 4.79 Å². The third-order valence-electron chi connectivity index (χ3n) is 5.21. The molecule has 1 aliphatic carbocycles. The molecule has 1 heterocycles. The number of aryl methyl sites for hydroxylation is 1. The predicted molar refractivity (Wildman–Crippen MR) is 109 cm³/mol. The molecule has 1 aromatic rings. The van der Waals surface area contributed by atoms with Gasteiger partial charge in [0.2, 0.25) is 5.91 Å². The summed E-state index contributed by atoms with van der Waals surface area (Å²) in [5, 5.41) is 10.3. The average Bonchev–Trinajstić information content (AvgIpc) is 2.59. The van der Waals surface area contributed by atoms with Crippen LogP contribution in [-0.4, -0.2) is 30.6 Å². The van der Waals surface area contributed by atoms with E-state index in [0.29, 0.717) is 0 Å². The van der Waals surface area contributed by atoms with Gasteiger partial charge in [-0.25, -0.2) is 0 Å². The Hall–Kier alpha value is -0.970. The fraction of sp³-hybridized carbons (Fsp3) is 0.632. The second-order valence-corrected chi connectivity index (χ2v) is 7.15. The van der Waals surface area contributed by atoms with E-state index in [1.54, 1.807) is 0 Å². The quantitative estimate of drug-likeness (QED) is 0.735. The summed E-state index contributed by atoms with van der Waals surface area (Å²) in [7, 11) is 0. The minimum atomic E-state index is -0.440. The molecule has 3 rings (SSSR count). The van der Waals surface area contributed by atoms with Crippen molar-refractivity contribution in [2.75, 3.05) is 18.4 Å². The molecule has 0 radical (unpaired) electrons. The third kappa shape index (κ3) is 5.77. The molecule has 0 spiro atoms. The minimum Gasteiger partial charge on any atom is -0.371 e.